The van der Waals surface area contributed by atoms with Crippen molar-refractivity contribution in [3.05, 3.63) is 0 Å². The molecule has 1 aliphatic heterocycles. The van der Waals surface area contributed by atoms with E-state index in [0.717, 1.165) is 64.8 Å². The second kappa shape index (κ2) is 6.85. The van der Waals surface area contributed by atoms with Gasteiger partial charge in [-0.3, -0.25) is 0 Å². The third-order valence-corrected chi connectivity index (χ3v) is 4.26. The lowest BCUT2D eigenvalue weighted by atomic mass is 9.80. The van der Waals surface area contributed by atoms with Gasteiger partial charge in [0.05, 0.1) is 6.61 Å². The molecule has 1 saturated carbocycles. The van der Waals surface area contributed by atoms with E-state index >= 15 is 0 Å². The molecule has 0 spiro atoms. The largest absolute Gasteiger partial charge is 0.381 e. The van der Waals surface area contributed by atoms with E-state index in [1.807, 2.05) is 0 Å². The maximum absolute atomic E-state index is 5.98. The van der Waals surface area contributed by atoms with Crippen LogP contribution in [0.3, 0.4) is 0 Å². The van der Waals surface area contributed by atoms with Crippen LogP contribution >= 0.6 is 0 Å². The molecule has 2 fully saturated rings. The van der Waals surface area contributed by atoms with Gasteiger partial charge in [0, 0.05) is 32.9 Å². The fourth-order valence-corrected chi connectivity index (χ4v) is 2.64. The van der Waals surface area contributed by atoms with E-state index in [-0.39, 0.29) is 5.41 Å². The van der Waals surface area contributed by atoms with Crippen LogP contribution in [0.4, 0.5) is 0 Å². The standard InChI is InChI=1S/C14H28N2O2/c1-16(6-9-18-10-13-2-3-13)12-14(11-15)4-7-17-8-5-14/h13H,2-12,15H2,1H3. The molecule has 0 radical (unpaired) electrons. The molecule has 0 aromatic rings. The number of hydrogen-bond donors (Lipinski definition) is 1. The molecule has 2 rings (SSSR count). The molecular weight excluding hydrogens is 228 g/mol. The molecule has 1 aliphatic carbocycles. The number of rotatable bonds is 8. The van der Waals surface area contributed by atoms with Crippen LogP contribution in [0, 0.1) is 11.3 Å². The highest BCUT2D eigenvalue weighted by Crippen LogP contribution is 2.30. The molecule has 106 valence electrons. The van der Waals surface area contributed by atoms with Crippen molar-refractivity contribution in [3.8, 4) is 0 Å². The third kappa shape index (κ3) is 4.50. The van der Waals surface area contributed by atoms with Crippen LogP contribution < -0.4 is 5.73 Å². The van der Waals surface area contributed by atoms with Crippen LogP contribution in [0.15, 0.2) is 0 Å². The first-order valence-corrected chi connectivity index (χ1v) is 7.28. The van der Waals surface area contributed by atoms with Crippen LogP contribution in [0.5, 0.6) is 0 Å². The molecule has 4 heteroatoms. The van der Waals surface area contributed by atoms with Crippen LogP contribution in [0.25, 0.3) is 0 Å². The summed E-state index contributed by atoms with van der Waals surface area (Å²) in [5.41, 5.74) is 6.24. The van der Waals surface area contributed by atoms with Crippen molar-refractivity contribution in [2.45, 2.75) is 25.7 Å². The Kier molecular flexibility index (Phi) is 5.42. The van der Waals surface area contributed by atoms with E-state index < -0.39 is 0 Å². The normalized spacial score (nSPS) is 23.5. The van der Waals surface area contributed by atoms with Gasteiger partial charge >= 0.3 is 0 Å². The SMILES string of the molecule is CN(CCOCC1CC1)CC1(CN)CCOCC1. The molecular formula is C14H28N2O2. The Morgan fingerprint density at radius 3 is 2.67 bits per heavy atom. The molecule has 2 N–H and O–H groups in total. The van der Waals surface area contributed by atoms with Gasteiger partial charge in [0.25, 0.3) is 0 Å². The van der Waals surface area contributed by atoms with Crippen LogP contribution in [-0.2, 0) is 9.47 Å². The fraction of sp³-hybridized carbons (Fsp3) is 1.00. The summed E-state index contributed by atoms with van der Waals surface area (Å²) in [6.45, 7) is 6.39. The summed E-state index contributed by atoms with van der Waals surface area (Å²) in [4.78, 5) is 2.37. The van der Waals surface area contributed by atoms with Crippen LogP contribution in [0.1, 0.15) is 25.7 Å². The average molecular weight is 256 g/mol. The number of hydrogen-bond acceptors (Lipinski definition) is 4. The average Bonchev–Trinajstić information content (AvgIpc) is 3.20. The first-order chi connectivity index (χ1) is 8.74. The summed E-state index contributed by atoms with van der Waals surface area (Å²) in [7, 11) is 2.17. The Bertz CT molecular complexity index is 238. The molecule has 0 bridgehead atoms. The Labute approximate surface area is 111 Å². The number of ether oxygens (including phenoxy) is 2. The molecule has 1 heterocycles. The van der Waals surface area contributed by atoms with Gasteiger partial charge in [-0.2, -0.15) is 0 Å². The maximum atomic E-state index is 5.98. The highest BCUT2D eigenvalue weighted by atomic mass is 16.5. The molecule has 1 saturated heterocycles. The van der Waals surface area contributed by atoms with Gasteiger partial charge in [-0.15, -0.1) is 0 Å². The minimum Gasteiger partial charge on any atom is -0.381 e. The third-order valence-electron chi connectivity index (χ3n) is 4.26. The van der Waals surface area contributed by atoms with Crippen molar-refractivity contribution in [1.82, 2.24) is 4.90 Å². The van der Waals surface area contributed by atoms with Gasteiger partial charge < -0.3 is 20.1 Å². The van der Waals surface area contributed by atoms with Crippen LogP contribution in [-0.4, -0.2) is 58.0 Å². The fourth-order valence-electron chi connectivity index (χ4n) is 2.64. The summed E-state index contributed by atoms with van der Waals surface area (Å²) >= 11 is 0. The Morgan fingerprint density at radius 1 is 1.33 bits per heavy atom. The first kappa shape index (κ1) is 14.3. The summed E-state index contributed by atoms with van der Waals surface area (Å²) in [6, 6.07) is 0. The highest BCUT2D eigenvalue weighted by molar-refractivity contribution is 4.85. The van der Waals surface area contributed by atoms with Gasteiger partial charge in [0.2, 0.25) is 0 Å². The number of likely N-dealkylation sites (N-methyl/N-ethyl adjacent to an activating group) is 1. The van der Waals surface area contributed by atoms with Crippen molar-refractivity contribution < 1.29 is 9.47 Å². The van der Waals surface area contributed by atoms with Crippen molar-refractivity contribution in [2.75, 3.05) is 53.1 Å². The second-order valence-corrected chi connectivity index (χ2v) is 6.07. The van der Waals surface area contributed by atoms with E-state index in [2.05, 4.69) is 11.9 Å². The zero-order chi connectivity index (χ0) is 12.8. The molecule has 2 aliphatic rings. The van der Waals surface area contributed by atoms with E-state index in [4.69, 9.17) is 15.2 Å². The van der Waals surface area contributed by atoms with E-state index in [1.54, 1.807) is 0 Å². The minimum absolute atomic E-state index is 0.267. The zero-order valence-corrected chi connectivity index (χ0v) is 11.7. The lowest BCUT2D eigenvalue weighted by Gasteiger charge is -2.39. The molecule has 0 unspecified atom stereocenters. The zero-order valence-electron chi connectivity index (χ0n) is 11.7. The van der Waals surface area contributed by atoms with Crippen molar-refractivity contribution in [1.29, 1.82) is 0 Å². The summed E-state index contributed by atoms with van der Waals surface area (Å²) in [5, 5.41) is 0. The second-order valence-electron chi connectivity index (χ2n) is 6.07. The van der Waals surface area contributed by atoms with Crippen molar-refractivity contribution >= 4 is 0 Å². The van der Waals surface area contributed by atoms with Gasteiger partial charge in [0.15, 0.2) is 0 Å². The lowest BCUT2D eigenvalue weighted by Crippen LogP contribution is -2.45. The molecule has 18 heavy (non-hydrogen) atoms. The van der Waals surface area contributed by atoms with Gasteiger partial charge in [-0.25, -0.2) is 0 Å². The van der Waals surface area contributed by atoms with E-state index in [1.165, 1.54) is 12.8 Å². The van der Waals surface area contributed by atoms with Gasteiger partial charge in [-0.05, 0) is 50.6 Å². The molecule has 0 atom stereocenters. The van der Waals surface area contributed by atoms with Crippen molar-refractivity contribution in [2.24, 2.45) is 17.1 Å². The molecule has 0 aromatic carbocycles. The molecule has 4 nitrogen and oxygen atoms in total. The summed E-state index contributed by atoms with van der Waals surface area (Å²) in [5.74, 6) is 0.862. The monoisotopic (exact) mass is 256 g/mol. The topological polar surface area (TPSA) is 47.7 Å². The number of nitrogens with two attached hydrogens (primary N) is 1. The van der Waals surface area contributed by atoms with Crippen molar-refractivity contribution in [3.63, 3.8) is 0 Å². The minimum atomic E-state index is 0.267. The van der Waals surface area contributed by atoms with E-state index in [0.29, 0.717) is 0 Å². The molecule has 0 aromatic heterocycles. The number of nitrogens with zero attached hydrogens (tertiary/aromatic N) is 1. The summed E-state index contributed by atoms with van der Waals surface area (Å²) in [6.07, 6.45) is 4.92. The van der Waals surface area contributed by atoms with Gasteiger partial charge in [0.1, 0.15) is 0 Å². The van der Waals surface area contributed by atoms with E-state index in [9.17, 15) is 0 Å². The Morgan fingerprint density at radius 2 is 2.06 bits per heavy atom. The maximum Gasteiger partial charge on any atom is 0.0593 e. The Hall–Kier alpha value is -0.160. The smallest absolute Gasteiger partial charge is 0.0593 e. The predicted octanol–water partition coefficient (Wildman–Crippen LogP) is 1.10. The lowest BCUT2D eigenvalue weighted by molar-refractivity contribution is -0.000662. The Balaban J connectivity index is 1.62. The highest BCUT2D eigenvalue weighted by Gasteiger charge is 2.32. The predicted molar refractivity (Wildman–Crippen MR) is 72.6 cm³/mol. The van der Waals surface area contributed by atoms with Gasteiger partial charge in [-0.1, -0.05) is 0 Å². The molecule has 0 amide bonds. The van der Waals surface area contributed by atoms with Crippen LogP contribution in [0.2, 0.25) is 0 Å². The first-order valence-electron chi connectivity index (χ1n) is 7.28. The summed E-state index contributed by atoms with van der Waals surface area (Å²) < 4.78 is 11.1. The quantitative estimate of drug-likeness (QED) is 0.661.